The first-order chi connectivity index (χ1) is 11.9. The van der Waals surface area contributed by atoms with Gasteiger partial charge in [-0.25, -0.2) is 13.2 Å². The van der Waals surface area contributed by atoms with Crippen molar-refractivity contribution < 1.29 is 17.9 Å². The molecule has 0 aliphatic carbocycles. The molecule has 0 amide bonds. The highest BCUT2D eigenvalue weighted by atomic mass is 35.5. The Balaban J connectivity index is 2.36. The first kappa shape index (κ1) is 19.6. The van der Waals surface area contributed by atoms with Gasteiger partial charge in [0.1, 0.15) is 0 Å². The lowest BCUT2D eigenvalue weighted by Crippen LogP contribution is -2.14. The number of alkyl halides is 1. The predicted molar refractivity (Wildman–Crippen MR) is 101 cm³/mol. The minimum Gasteiger partial charge on any atom is -0.465 e. The molecule has 0 spiro atoms. The number of hydrogen-bond acceptors (Lipinski definition) is 5. The Morgan fingerprint density at radius 3 is 2.48 bits per heavy atom. The Kier molecular flexibility index (Phi) is 6.75. The number of benzene rings is 2. The molecule has 25 heavy (non-hydrogen) atoms. The summed E-state index contributed by atoms with van der Waals surface area (Å²) in [5, 5.41) is 0. The second-order valence-corrected chi connectivity index (χ2v) is 8.36. The van der Waals surface area contributed by atoms with Crippen molar-refractivity contribution >= 4 is 45.0 Å². The molecule has 2 aromatic carbocycles. The first-order valence-electron chi connectivity index (χ1n) is 7.38. The van der Waals surface area contributed by atoms with Crippen LogP contribution < -0.4 is 4.72 Å². The summed E-state index contributed by atoms with van der Waals surface area (Å²) < 4.78 is 32.4. The van der Waals surface area contributed by atoms with Gasteiger partial charge in [0.05, 0.1) is 23.3 Å². The van der Waals surface area contributed by atoms with Crippen LogP contribution in [0.4, 0.5) is 5.69 Å². The lowest BCUT2D eigenvalue weighted by atomic mass is 10.2. The predicted octanol–water partition coefficient (Wildman–Crippen LogP) is 3.91. The molecule has 2 rings (SSSR count). The van der Waals surface area contributed by atoms with Gasteiger partial charge in [-0.05, 0) is 37.3 Å². The van der Waals surface area contributed by atoms with Crippen LogP contribution in [0.25, 0.3) is 0 Å². The van der Waals surface area contributed by atoms with Crippen LogP contribution in [0.15, 0.2) is 52.3 Å². The Labute approximate surface area is 156 Å². The van der Waals surface area contributed by atoms with Crippen LogP contribution in [0.5, 0.6) is 0 Å². The summed E-state index contributed by atoms with van der Waals surface area (Å²) in [5.74, 6) is 0.489. The van der Waals surface area contributed by atoms with Gasteiger partial charge < -0.3 is 4.74 Å². The molecule has 0 aromatic heterocycles. The van der Waals surface area contributed by atoms with Crippen LogP contribution in [0.3, 0.4) is 0 Å². The fourth-order valence-corrected chi connectivity index (χ4v) is 4.20. The van der Waals surface area contributed by atoms with Crippen LogP contribution in [0.1, 0.15) is 15.9 Å². The molecular formula is C17H18ClNO4S2. The van der Waals surface area contributed by atoms with Gasteiger partial charge in [-0.1, -0.05) is 17.7 Å². The van der Waals surface area contributed by atoms with E-state index < -0.39 is 16.0 Å². The monoisotopic (exact) mass is 399 g/mol. The van der Waals surface area contributed by atoms with Crippen LogP contribution in [0.2, 0.25) is 0 Å². The minimum atomic E-state index is -3.73. The van der Waals surface area contributed by atoms with Crippen molar-refractivity contribution in [2.75, 3.05) is 23.5 Å². The van der Waals surface area contributed by atoms with Crippen molar-refractivity contribution in [1.29, 1.82) is 0 Å². The van der Waals surface area contributed by atoms with Gasteiger partial charge in [0.15, 0.2) is 0 Å². The van der Waals surface area contributed by atoms with Crippen LogP contribution in [-0.2, 0) is 14.8 Å². The minimum absolute atomic E-state index is 0.170. The molecule has 0 atom stereocenters. The highest BCUT2D eigenvalue weighted by Crippen LogP contribution is 2.30. The Morgan fingerprint density at radius 1 is 1.20 bits per heavy atom. The molecule has 0 saturated carbocycles. The maximum Gasteiger partial charge on any atom is 0.337 e. The summed E-state index contributed by atoms with van der Waals surface area (Å²) in [5.41, 5.74) is 1.71. The molecule has 0 unspecified atom stereocenters. The van der Waals surface area contributed by atoms with E-state index in [0.717, 1.165) is 5.56 Å². The molecule has 0 heterocycles. The molecule has 8 heteroatoms. The molecule has 0 fully saturated rings. The molecule has 0 saturated heterocycles. The summed E-state index contributed by atoms with van der Waals surface area (Å²) in [7, 11) is -2.44. The van der Waals surface area contributed by atoms with Crippen LogP contribution in [0, 0.1) is 6.92 Å². The van der Waals surface area contributed by atoms with Crippen LogP contribution in [-0.4, -0.2) is 33.1 Å². The second kappa shape index (κ2) is 8.60. The molecular weight excluding hydrogens is 382 g/mol. The number of carbonyl (C=O) groups is 1. The van der Waals surface area contributed by atoms with E-state index in [1.807, 2.05) is 6.92 Å². The van der Waals surface area contributed by atoms with Crippen molar-refractivity contribution in [3.8, 4) is 0 Å². The molecule has 2 aromatic rings. The number of esters is 1. The summed E-state index contributed by atoms with van der Waals surface area (Å²) in [4.78, 5) is 12.5. The van der Waals surface area contributed by atoms with E-state index in [2.05, 4.69) is 4.72 Å². The molecule has 0 bridgehead atoms. The molecule has 0 aliphatic rings. The summed E-state index contributed by atoms with van der Waals surface area (Å²) in [6.45, 7) is 1.89. The molecule has 0 aliphatic heterocycles. The van der Waals surface area contributed by atoms with E-state index >= 15 is 0 Å². The zero-order chi connectivity index (χ0) is 18.4. The summed E-state index contributed by atoms with van der Waals surface area (Å²) >= 11 is 7.09. The van der Waals surface area contributed by atoms with Crippen molar-refractivity contribution in [2.24, 2.45) is 0 Å². The van der Waals surface area contributed by atoms with E-state index in [-0.39, 0.29) is 4.90 Å². The highest BCUT2D eigenvalue weighted by molar-refractivity contribution is 7.99. The van der Waals surface area contributed by atoms with Crippen molar-refractivity contribution in [3.05, 3.63) is 53.6 Å². The number of nitrogens with one attached hydrogen (secondary N) is 1. The average Bonchev–Trinajstić information content (AvgIpc) is 2.60. The number of thioether (sulfide) groups is 1. The lowest BCUT2D eigenvalue weighted by molar-refractivity contribution is 0.0600. The topological polar surface area (TPSA) is 72.5 Å². The summed E-state index contributed by atoms with van der Waals surface area (Å²) in [6.07, 6.45) is 0. The standard InChI is InChI=1S/C17H18ClNO4S2/c1-12-3-6-14(7-4-12)25(21,22)19-15-8-5-13(17(20)23-2)11-16(15)24-10-9-18/h3-8,11,19H,9-10H2,1-2H3. The molecule has 0 radical (unpaired) electrons. The number of hydrogen-bond donors (Lipinski definition) is 1. The van der Waals surface area contributed by atoms with Gasteiger partial charge in [0.2, 0.25) is 0 Å². The number of anilines is 1. The third kappa shape index (κ3) is 5.14. The van der Waals surface area contributed by atoms with Gasteiger partial charge in [-0.3, -0.25) is 4.72 Å². The zero-order valence-corrected chi connectivity index (χ0v) is 16.2. The molecule has 134 valence electrons. The fraction of sp³-hybridized carbons (Fsp3) is 0.235. The van der Waals surface area contributed by atoms with Gasteiger partial charge in [0.25, 0.3) is 10.0 Å². The number of sulfonamides is 1. The summed E-state index contributed by atoms with van der Waals surface area (Å²) in [6, 6.07) is 11.2. The van der Waals surface area contributed by atoms with E-state index in [1.165, 1.54) is 24.9 Å². The van der Waals surface area contributed by atoms with Crippen molar-refractivity contribution in [1.82, 2.24) is 0 Å². The van der Waals surface area contributed by atoms with E-state index in [9.17, 15) is 13.2 Å². The number of methoxy groups -OCH3 is 1. The maximum absolute atomic E-state index is 12.6. The van der Waals surface area contributed by atoms with Gasteiger partial charge in [-0.2, -0.15) is 0 Å². The number of aryl methyl sites for hydroxylation is 1. The Bertz CT molecular complexity index is 851. The number of rotatable bonds is 7. The number of ether oxygens (including phenoxy) is 1. The SMILES string of the molecule is COC(=O)c1ccc(NS(=O)(=O)c2ccc(C)cc2)c(SCCCl)c1. The van der Waals surface area contributed by atoms with Crippen molar-refractivity contribution in [3.63, 3.8) is 0 Å². The largest absolute Gasteiger partial charge is 0.465 e. The van der Waals surface area contributed by atoms with E-state index in [0.29, 0.717) is 27.8 Å². The Morgan fingerprint density at radius 2 is 1.88 bits per heavy atom. The second-order valence-electron chi connectivity index (χ2n) is 5.16. The van der Waals surface area contributed by atoms with E-state index in [1.54, 1.807) is 36.4 Å². The van der Waals surface area contributed by atoms with Crippen molar-refractivity contribution in [2.45, 2.75) is 16.7 Å². The first-order valence-corrected chi connectivity index (χ1v) is 10.4. The quantitative estimate of drug-likeness (QED) is 0.434. The maximum atomic E-state index is 12.6. The third-order valence-electron chi connectivity index (χ3n) is 3.31. The normalized spacial score (nSPS) is 11.2. The smallest absolute Gasteiger partial charge is 0.337 e. The number of halogens is 1. The average molecular weight is 400 g/mol. The van der Waals surface area contributed by atoms with E-state index in [4.69, 9.17) is 16.3 Å². The van der Waals surface area contributed by atoms with Gasteiger partial charge in [-0.15, -0.1) is 23.4 Å². The fourth-order valence-electron chi connectivity index (χ4n) is 2.04. The van der Waals surface area contributed by atoms with Crippen LogP contribution >= 0.6 is 23.4 Å². The highest BCUT2D eigenvalue weighted by Gasteiger charge is 2.17. The third-order valence-corrected chi connectivity index (χ3v) is 6.16. The molecule has 1 N–H and O–H groups in total. The molecule has 5 nitrogen and oxygen atoms in total. The van der Waals surface area contributed by atoms with Gasteiger partial charge >= 0.3 is 5.97 Å². The Hall–Kier alpha value is -1.70. The zero-order valence-electron chi connectivity index (χ0n) is 13.8. The number of carbonyl (C=O) groups excluding carboxylic acids is 1. The lowest BCUT2D eigenvalue weighted by Gasteiger charge is -2.13. The van der Waals surface area contributed by atoms with Gasteiger partial charge in [0, 0.05) is 16.5 Å².